The summed E-state index contributed by atoms with van der Waals surface area (Å²) in [5, 5.41) is 3.59. The molecule has 2 nitrogen and oxygen atoms in total. The standard InChI is InChI=1S/C15H23FN2/c1-2-9-17-15-7-10-18(11-8-15)12-13-3-5-14(16)6-4-13/h3-6,15,17H,2,7-12H2,1H3. The zero-order valence-electron chi connectivity index (χ0n) is 11.2. The van der Waals surface area contributed by atoms with Gasteiger partial charge in [-0.2, -0.15) is 0 Å². The zero-order valence-corrected chi connectivity index (χ0v) is 11.2. The van der Waals surface area contributed by atoms with Gasteiger partial charge in [-0.25, -0.2) is 4.39 Å². The fourth-order valence-corrected chi connectivity index (χ4v) is 2.49. The van der Waals surface area contributed by atoms with Crippen molar-refractivity contribution < 1.29 is 4.39 Å². The van der Waals surface area contributed by atoms with Crippen molar-refractivity contribution in [2.75, 3.05) is 19.6 Å². The molecule has 0 unspecified atom stereocenters. The van der Waals surface area contributed by atoms with E-state index in [9.17, 15) is 4.39 Å². The summed E-state index contributed by atoms with van der Waals surface area (Å²) in [6, 6.07) is 7.55. The second kappa shape index (κ2) is 6.86. The van der Waals surface area contributed by atoms with Crippen LogP contribution in [0.5, 0.6) is 0 Å². The molecule has 0 aliphatic carbocycles. The van der Waals surface area contributed by atoms with Crippen LogP contribution in [0.25, 0.3) is 0 Å². The van der Waals surface area contributed by atoms with E-state index in [1.165, 1.54) is 24.8 Å². The number of hydrogen-bond acceptors (Lipinski definition) is 2. The molecule has 2 rings (SSSR count). The number of nitrogens with zero attached hydrogens (tertiary/aromatic N) is 1. The molecule has 0 aromatic heterocycles. The molecule has 1 heterocycles. The maximum Gasteiger partial charge on any atom is 0.123 e. The van der Waals surface area contributed by atoms with Gasteiger partial charge in [-0.3, -0.25) is 4.90 Å². The predicted molar refractivity (Wildman–Crippen MR) is 73.0 cm³/mol. The lowest BCUT2D eigenvalue weighted by Crippen LogP contribution is -2.42. The smallest absolute Gasteiger partial charge is 0.123 e. The summed E-state index contributed by atoms with van der Waals surface area (Å²) in [5.74, 6) is -0.152. The molecule has 0 bridgehead atoms. The highest BCUT2D eigenvalue weighted by Crippen LogP contribution is 2.14. The van der Waals surface area contributed by atoms with E-state index in [2.05, 4.69) is 17.1 Å². The van der Waals surface area contributed by atoms with Crippen LogP contribution in [-0.4, -0.2) is 30.6 Å². The Balaban J connectivity index is 1.74. The normalized spacial score (nSPS) is 18.1. The van der Waals surface area contributed by atoms with E-state index in [0.29, 0.717) is 6.04 Å². The highest BCUT2D eigenvalue weighted by atomic mass is 19.1. The second-order valence-electron chi connectivity index (χ2n) is 5.13. The van der Waals surface area contributed by atoms with E-state index in [1.54, 1.807) is 12.1 Å². The van der Waals surface area contributed by atoms with Gasteiger partial charge >= 0.3 is 0 Å². The molecule has 1 aliphatic heterocycles. The Morgan fingerprint density at radius 2 is 1.89 bits per heavy atom. The molecule has 0 saturated carbocycles. The Kier molecular flexibility index (Phi) is 5.14. The fraction of sp³-hybridized carbons (Fsp3) is 0.600. The second-order valence-corrected chi connectivity index (χ2v) is 5.13. The molecule has 1 aliphatic rings. The quantitative estimate of drug-likeness (QED) is 0.864. The van der Waals surface area contributed by atoms with Gasteiger partial charge in [-0.05, 0) is 56.6 Å². The van der Waals surface area contributed by atoms with Gasteiger partial charge in [0.2, 0.25) is 0 Å². The molecule has 1 aromatic carbocycles. The SMILES string of the molecule is CCCNC1CCN(Cc2ccc(F)cc2)CC1. The summed E-state index contributed by atoms with van der Waals surface area (Å²) in [6.07, 6.45) is 3.65. The number of likely N-dealkylation sites (tertiary alicyclic amines) is 1. The molecule has 1 saturated heterocycles. The average Bonchev–Trinajstić information content (AvgIpc) is 2.41. The van der Waals surface area contributed by atoms with Gasteiger partial charge in [0.1, 0.15) is 5.82 Å². The monoisotopic (exact) mass is 250 g/mol. The van der Waals surface area contributed by atoms with Crippen LogP contribution in [0.4, 0.5) is 4.39 Å². The minimum Gasteiger partial charge on any atom is -0.314 e. The van der Waals surface area contributed by atoms with E-state index in [0.717, 1.165) is 26.2 Å². The Labute approximate surface area is 109 Å². The van der Waals surface area contributed by atoms with Crippen LogP contribution in [0.2, 0.25) is 0 Å². The average molecular weight is 250 g/mol. The molecule has 1 fully saturated rings. The van der Waals surface area contributed by atoms with Gasteiger partial charge < -0.3 is 5.32 Å². The predicted octanol–water partition coefficient (Wildman–Crippen LogP) is 2.79. The molecule has 0 radical (unpaired) electrons. The fourth-order valence-electron chi connectivity index (χ4n) is 2.49. The maximum absolute atomic E-state index is 12.8. The molecule has 18 heavy (non-hydrogen) atoms. The van der Waals surface area contributed by atoms with E-state index in [4.69, 9.17) is 0 Å². The zero-order chi connectivity index (χ0) is 12.8. The largest absolute Gasteiger partial charge is 0.314 e. The number of piperidine rings is 1. The van der Waals surface area contributed by atoms with E-state index >= 15 is 0 Å². The van der Waals surface area contributed by atoms with Gasteiger partial charge in [-0.1, -0.05) is 19.1 Å². The topological polar surface area (TPSA) is 15.3 Å². The Morgan fingerprint density at radius 3 is 2.50 bits per heavy atom. The first kappa shape index (κ1) is 13.5. The summed E-state index contributed by atoms with van der Waals surface area (Å²) < 4.78 is 12.8. The van der Waals surface area contributed by atoms with Crippen molar-refractivity contribution in [3.05, 3.63) is 35.6 Å². The number of halogens is 1. The van der Waals surface area contributed by atoms with Crippen molar-refractivity contribution in [2.24, 2.45) is 0 Å². The van der Waals surface area contributed by atoms with Gasteiger partial charge in [0.15, 0.2) is 0 Å². The Bertz CT molecular complexity index is 342. The van der Waals surface area contributed by atoms with Crippen LogP contribution in [-0.2, 0) is 6.54 Å². The van der Waals surface area contributed by atoms with Crippen LogP contribution < -0.4 is 5.32 Å². The first-order valence-corrected chi connectivity index (χ1v) is 6.98. The first-order chi connectivity index (χ1) is 8.78. The lowest BCUT2D eigenvalue weighted by atomic mass is 10.0. The third-order valence-corrected chi connectivity index (χ3v) is 3.59. The van der Waals surface area contributed by atoms with E-state index in [1.807, 2.05) is 12.1 Å². The number of hydrogen-bond donors (Lipinski definition) is 1. The number of benzene rings is 1. The molecule has 0 spiro atoms. The molecule has 0 amide bonds. The van der Waals surface area contributed by atoms with Gasteiger partial charge in [0, 0.05) is 12.6 Å². The van der Waals surface area contributed by atoms with Crippen LogP contribution in [0.3, 0.4) is 0 Å². The summed E-state index contributed by atoms with van der Waals surface area (Å²) in [5.41, 5.74) is 1.20. The van der Waals surface area contributed by atoms with Crippen LogP contribution >= 0.6 is 0 Å². The minimum absolute atomic E-state index is 0.152. The van der Waals surface area contributed by atoms with Crippen LogP contribution in [0, 0.1) is 5.82 Å². The minimum atomic E-state index is -0.152. The van der Waals surface area contributed by atoms with Crippen molar-refractivity contribution in [2.45, 2.75) is 38.8 Å². The first-order valence-electron chi connectivity index (χ1n) is 6.98. The lowest BCUT2D eigenvalue weighted by molar-refractivity contribution is 0.191. The van der Waals surface area contributed by atoms with Gasteiger partial charge in [0.05, 0.1) is 0 Å². The van der Waals surface area contributed by atoms with Crippen molar-refractivity contribution in [1.82, 2.24) is 10.2 Å². The van der Waals surface area contributed by atoms with Gasteiger partial charge in [0.25, 0.3) is 0 Å². The molecule has 1 N–H and O–H groups in total. The number of rotatable bonds is 5. The molecular formula is C15H23FN2. The number of nitrogens with one attached hydrogen (secondary N) is 1. The van der Waals surface area contributed by atoms with Crippen LogP contribution in [0.1, 0.15) is 31.7 Å². The summed E-state index contributed by atoms with van der Waals surface area (Å²) in [6.45, 7) is 6.55. The summed E-state index contributed by atoms with van der Waals surface area (Å²) >= 11 is 0. The summed E-state index contributed by atoms with van der Waals surface area (Å²) in [4.78, 5) is 2.46. The molecular weight excluding hydrogens is 227 g/mol. The Morgan fingerprint density at radius 1 is 1.22 bits per heavy atom. The molecule has 1 aromatic rings. The molecule has 0 atom stereocenters. The van der Waals surface area contributed by atoms with Crippen molar-refractivity contribution in [3.63, 3.8) is 0 Å². The van der Waals surface area contributed by atoms with Crippen molar-refractivity contribution in [3.8, 4) is 0 Å². The van der Waals surface area contributed by atoms with Gasteiger partial charge in [-0.15, -0.1) is 0 Å². The highest BCUT2D eigenvalue weighted by molar-refractivity contribution is 5.15. The van der Waals surface area contributed by atoms with Crippen LogP contribution in [0.15, 0.2) is 24.3 Å². The third-order valence-electron chi connectivity index (χ3n) is 3.59. The lowest BCUT2D eigenvalue weighted by Gasteiger charge is -2.32. The highest BCUT2D eigenvalue weighted by Gasteiger charge is 2.18. The molecule has 3 heteroatoms. The van der Waals surface area contributed by atoms with Crippen molar-refractivity contribution in [1.29, 1.82) is 0 Å². The maximum atomic E-state index is 12.8. The Hall–Kier alpha value is -0.930. The summed E-state index contributed by atoms with van der Waals surface area (Å²) in [7, 11) is 0. The third kappa shape index (κ3) is 4.07. The van der Waals surface area contributed by atoms with E-state index < -0.39 is 0 Å². The van der Waals surface area contributed by atoms with E-state index in [-0.39, 0.29) is 5.82 Å². The molecule has 100 valence electrons. The van der Waals surface area contributed by atoms with Crippen molar-refractivity contribution >= 4 is 0 Å².